The first kappa shape index (κ1) is 21.2. The van der Waals surface area contributed by atoms with Crippen LogP contribution in [0.25, 0.3) is 0 Å². The molecule has 0 saturated carbocycles. The van der Waals surface area contributed by atoms with Crippen molar-refractivity contribution in [2.45, 2.75) is 85.4 Å². The zero-order valence-electron chi connectivity index (χ0n) is 19.1. The van der Waals surface area contributed by atoms with Gasteiger partial charge in [0.25, 0.3) is 0 Å². The summed E-state index contributed by atoms with van der Waals surface area (Å²) in [5.74, 6) is 0.570. The Hall–Kier alpha value is -1.52. The molecule has 3 nitrogen and oxygen atoms in total. The van der Waals surface area contributed by atoms with E-state index in [2.05, 4.69) is 98.0 Å². The summed E-state index contributed by atoms with van der Waals surface area (Å²) in [6.45, 7) is 19.6. The predicted molar refractivity (Wildman–Crippen MR) is 120 cm³/mol. The van der Waals surface area contributed by atoms with Crippen molar-refractivity contribution in [2.24, 2.45) is 5.92 Å². The molecule has 28 heavy (non-hydrogen) atoms. The Morgan fingerprint density at radius 1 is 1.04 bits per heavy atom. The number of anilines is 1. The summed E-state index contributed by atoms with van der Waals surface area (Å²) in [5, 5.41) is 3.66. The van der Waals surface area contributed by atoms with Crippen LogP contribution >= 0.6 is 0 Å². The van der Waals surface area contributed by atoms with Gasteiger partial charge in [-0.25, -0.2) is 0 Å². The van der Waals surface area contributed by atoms with Gasteiger partial charge in [-0.2, -0.15) is 0 Å². The summed E-state index contributed by atoms with van der Waals surface area (Å²) >= 11 is 0. The normalized spacial score (nSPS) is 24.0. The summed E-state index contributed by atoms with van der Waals surface area (Å²) in [5.41, 5.74) is 5.38. The third kappa shape index (κ3) is 4.09. The van der Waals surface area contributed by atoms with Crippen molar-refractivity contribution in [3.63, 3.8) is 0 Å². The molecule has 3 rings (SSSR count). The monoisotopic (exact) mass is 381 g/mol. The SMILES string of the molecule is CC1=C(Nc2cc(B3OC(C)(C)C(C)(C)O3)cc(C(C)(C)C)c2)C=CC[C@@H]1C. The zero-order valence-corrected chi connectivity index (χ0v) is 19.1. The van der Waals surface area contributed by atoms with E-state index in [-0.39, 0.29) is 23.7 Å². The molecule has 1 aliphatic carbocycles. The van der Waals surface area contributed by atoms with Gasteiger partial charge in [-0.15, -0.1) is 0 Å². The Labute approximate surface area is 171 Å². The van der Waals surface area contributed by atoms with Crippen LogP contribution in [-0.4, -0.2) is 18.3 Å². The number of hydrogen-bond acceptors (Lipinski definition) is 3. The van der Waals surface area contributed by atoms with Crippen molar-refractivity contribution in [3.05, 3.63) is 47.2 Å². The van der Waals surface area contributed by atoms with E-state index >= 15 is 0 Å². The van der Waals surface area contributed by atoms with Crippen molar-refractivity contribution in [3.8, 4) is 0 Å². The molecule has 1 fully saturated rings. The summed E-state index contributed by atoms with van der Waals surface area (Å²) in [7, 11) is -0.358. The Morgan fingerprint density at radius 3 is 2.21 bits per heavy atom. The van der Waals surface area contributed by atoms with Crippen LogP contribution in [0.5, 0.6) is 0 Å². The van der Waals surface area contributed by atoms with E-state index in [0.717, 1.165) is 17.6 Å². The maximum atomic E-state index is 6.32. The molecule has 1 atom stereocenters. The molecular formula is C24H36BNO2. The van der Waals surface area contributed by atoms with Gasteiger partial charge < -0.3 is 14.6 Å². The average Bonchev–Trinajstić information content (AvgIpc) is 2.79. The maximum Gasteiger partial charge on any atom is 0.494 e. The summed E-state index contributed by atoms with van der Waals surface area (Å²) in [6.07, 6.45) is 5.56. The van der Waals surface area contributed by atoms with E-state index in [4.69, 9.17) is 9.31 Å². The van der Waals surface area contributed by atoms with Gasteiger partial charge in [0.05, 0.1) is 11.2 Å². The van der Waals surface area contributed by atoms with Crippen LogP contribution in [0.3, 0.4) is 0 Å². The first-order chi connectivity index (χ1) is 12.8. The highest BCUT2D eigenvalue weighted by atomic mass is 16.7. The van der Waals surface area contributed by atoms with Gasteiger partial charge in [0.15, 0.2) is 0 Å². The zero-order chi connectivity index (χ0) is 20.9. The quantitative estimate of drug-likeness (QED) is 0.695. The van der Waals surface area contributed by atoms with Gasteiger partial charge in [0.2, 0.25) is 0 Å². The standard InChI is InChI=1S/C24H36BNO2/c1-16-11-10-12-21(17(16)2)26-20-14-18(22(3,4)5)13-19(15-20)25-27-23(6,7)24(8,9)28-25/h10,12-16,26H,11H2,1-9H3/t16-/m0/s1. The molecule has 2 aliphatic rings. The fraction of sp³-hybridized carbons (Fsp3) is 0.583. The van der Waals surface area contributed by atoms with Gasteiger partial charge >= 0.3 is 7.12 Å². The lowest BCUT2D eigenvalue weighted by molar-refractivity contribution is 0.00578. The highest BCUT2D eigenvalue weighted by Crippen LogP contribution is 2.37. The van der Waals surface area contributed by atoms with E-state index in [0.29, 0.717) is 5.92 Å². The number of allylic oxidation sites excluding steroid dienone is 3. The lowest BCUT2D eigenvalue weighted by Crippen LogP contribution is -2.41. The van der Waals surface area contributed by atoms with Gasteiger partial charge in [0.1, 0.15) is 0 Å². The molecule has 1 N–H and O–H groups in total. The number of benzene rings is 1. The van der Waals surface area contributed by atoms with Gasteiger partial charge in [0, 0.05) is 11.4 Å². The second-order valence-electron chi connectivity index (χ2n) is 10.4. The Bertz CT molecular complexity index is 798. The molecule has 1 saturated heterocycles. The number of nitrogens with one attached hydrogen (secondary N) is 1. The van der Waals surface area contributed by atoms with Crippen molar-refractivity contribution >= 4 is 18.3 Å². The van der Waals surface area contributed by atoms with E-state index in [1.54, 1.807) is 0 Å². The van der Waals surface area contributed by atoms with Crippen LogP contribution in [0.1, 0.15) is 74.3 Å². The van der Waals surface area contributed by atoms with E-state index in [1.165, 1.54) is 16.8 Å². The third-order valence-corrected chi connectivity index (χ3v) is 6.56. The molecule has 1 aliphatic heterocycles. The molecule has 0 spiro atoms. The van der Waals surface area contributed by atoms with Crippen molar-refractivity contribution in [2.75, 3.05) is 5.32 Å². The van der Waals surface area contributed by atoms with Crippen molar-refractivity contribution in [1.29, 1.82) is 0 Å². The highest BCUT2D eigenvalue weighted by molar-refractivity contribution is 6.62. The van der Waals surface area contributed by atoms with Gasteiger partial charge in [-0.3, -0.25) is 0 Å². The van der Waals surface area contributed by atoms with Crippen LogP contribution in [0.4, 0.5) is 5.69 Å². The molecule has 0 radical (unpaired) electrons. The molecule has 0 amide bonds. The topological polar surface area (TPSA) is 30.5 Å². The second kappa shape index (κ2) is 7.07. The van der Waals surface area contributed by atoms with E-state index in [9.17, 15) is 0 Å². The summed E-state index contributed by atoms with van der Waals surface area (Å²) < 4.78 is 12.6. The van der Waals surface area contributed by atoms with Crippen LogP contribution in [0.2, 0.25) is 0 Å². The van der Waals surface area contributed by atoms with Gasteiger partial charge in [-0.05, 0) is 87.2 Å². The molecular weight excluding hydrogens is 345 g/mol. The Kier molecular flexibility index (Phi) is 5.35. The van der Waals surface area contributed by atoms with Crippen molar-refractivity contribution in [1.82, 2.24) is 0 Å². The minimum atomic E-state index is -0.358. The molecule has 152 valence electrons. The predicted octanol–water partition coefficient (Wildman–Crippen LogP) is 5.57. The first-order valence-electron chi connectivity index (χ1n) is 10.5. The molecule has 4 heteroatoms. The fourth-order valence-electron chi connectivity index (χ4n) is 3.53. The minimum Gasteiger partial charge on any atom is -0.399 e. The smallest absolute Gasteiger partial charge is 0.399 e. The molecule has 1 aromatic carbocycles. The molecule has 0 aromatic heterocycles. The number of rotatable bonds is 3. The number of hydrogen-bond donors (Lipinski definition) is 1. The van der Waals surface area contributed by atoms with E-state index < -0.39 is 0 Å². The largest absolute Gasteiger partial charge is 0.494 e. The molecule has 1 aromatic rings. The molecule has 1 heterocycles. The molecule has 0 unspecified atom stereocenters. The summed E-state index contributed by atoms with van der Waals surface area (Å²) in [6, 6.07) is 6.65. The van der Waals surface area contributed by atoms with E-state index in [1.807, 2.05) is 0 Å². The van der Waals surface area contributed by atoms with Crippen LogP contribution in [0.15, 0.2) is 41.6 Å². The summed E-state index contributed by atoms with van der Waals surface area (Å²) in [4.78, 5) is 0. The maximum absolute atomic E-state index is 6.32. The Morgan fingerprint density at radius 2 is 1.64 bits per heavy atom. The first-order valence-corrected chi connectivity index (χ1v) is 10.5. The van der Waals surface area contributed by atoms with Crippen molar-refractivity contribution < 1.29 is 9.31 Å². The van der Waals surface area contributed by atoms with Crippen LogP contribution in [0, 0.1) is 5.92 Å². The highest BCUT2D eigenvalue weighted by Gasteiger charge is 2.51. The lowest BCUT2D eigenvalue weighted by atomic mass is 9.75. The fourth-order valence-corrected chi connectivity index (χ4v) is 3.53. The second-order valence-corrected chi connectivity index (χ2v) is 10.4. The average molecular weight is 381 g/mol. The van der Waals surface area contributed by atoms with Crippen LogP contribution < -0.4 is 10.8 Å². The molecule has 0 bridgehead atoms. The van der Waals surface area contributed by atoms with Gasteiger partial charge in [-0.1, -0.05) is 39.8 Å². The third-order valence-electron chi connectivity index (χ3n) is 6.56. The lowest BCUT2D eigenvalue weighted by Gasteiger charge is -2.32. The van der Waals surface area contributed by atoms with Crippen LogP contribution in [-0.2, 0) is 14.7 Å². The Balaban J connectivity index is 2.00. The minimum absolute atomic E-state index is 0.0369.